The summed E-state index contributed by atoms with van der Waals surface area (Å²) in [6, 6.07) is 8.15. The van der Waals surface area contributed by atoms with Crippen LogP contribution in [0.1, 0.15) is 29.9 Å². The lowest BCUT2D eigenvalue weighted by Crippen LogP contribution is -2.14. The van der Waals surface area contributed by atoms with E-state index in [4.69, 9.17) is 4.42 Å². The van der Waals surface area contributed by atoms with Crippen molar-refractivity contribution < 1.29 is 4.42 Å². The van der Waals surface area contributed by atoms with Crippen molar-refractivity contribution in [2.24, 2.45) is 0 Å². The molecule has 0 bridgehead atoms. The molecule has 2 aromatic heterocycles. The molecule has 0 radical (unpaired) electrons. The molecule has 0 aliphatic rings. The molecule has 0 amide bonds. The van der Waals surface area contributed by atoms with Crippen LogP contribution in [-0.4, -0.2) is 21.3 Å². The number of rotatable bonds is 5. The van der Waals surface area contributed by atoms with Gasteiger partial charge in [-0.25, -0.2) is 9.67 Å². The van der Waals surface area contributed by atoms with E-state index in [1.54, 1.807) is 0 Å². The van der Waals surface area contributed by atoms with Crippen molar-refractivity contribution >= 4 is 11.0 Å². The number of aromatic nitrogens is 3. The predicted molar refractivity (Wildman–Crippen MR) is 82.2 cm³/mol. The third kappa shape index (κ3) is 2.69. The summed E-state index contributed by atoms with van der Waals surface area (Å²) in [6.07, 6.45) is 0. The summed E-state index contributed by atoms with van der Waals surface area (Å²) in [7, 11) is 0. The van der Waals surface area contributed by atoms with Crippen LogP contribution in [-0.2, 0) is 13.1 Å². The van der Waals surface area contributed by atoms with E-state index in [9.17, 15) is 0 Å². The van der Waals surface area contributed by atoms with Gasteiger partial charge in [0.05, 0.1) is 0 Å². The number of aryl methyl sites for hydroxylation is 2. The molecule has 1 N–H and O–H groups in total. The number of fused-ring (bicyclic) bond motifs is 1. The van der Waals surface area contributed by atoms with Gasteiger partial charge in [-0.2, -0.15) is 5.10 Å². The summed E-state index contributed by atoms with van der Waals surface area (Å²) in [4.78, 5) is 4.35. The second-order valence-corrected chi connectivity index (χ2v) is 5.14. The van der Waals surface area contributed by atoms with E-state index in [2.05, 4.69) is 28.4 Å². The maximum atomic E-state index is 6.04. The van der Waals surface area contributed by atoms with Crippen molar-refractivity contribution in [2.45, 2.75) is 33.9 Å². The average molecular weight is 284 g/mol. The Balaban J connectivity index is 2.02. The van der Waals surface area contributed by atoms with E-state index in [1.807, 2.05) is 36.7 Å². The summed E-state index contributed by atoms with van der Waals surface area (Å²) in [5.41, 5.74) is 2.13. The summed E-state index contributed by atoms with van der Waals surface area (Å²) in [5, 5.41) is 8.98. The van der Waals surface area contributed by atoms with Gasteiger partial charge in [-0.05, 0) is 26.5 Å². The van der Waals surface area contributed by atoms with Gasteiger partial charge in [0, 0.05) is 17.5 Å². The van der Waals surface area contributed by atoms with Crippen LogP contribution in [0.3, 0.4) is 0 Å². The smallest absolute Gasteiger partial charge is 0.147 e. The molecule has 110 valence electrons. The molecule has 0 saturated carbocycles. The fourth-order valence-corrected chi connectivity index (χ4v) is 2.57. The first-order chi connectivity index (χ1) is 10.2. The van der Waals surface area contributed by atoms with Crippen LogP contribution in [0.25, 0.3) is 11.0 Å². The molecule has 0 atom stereocenters. The van der Waals surface area contributed by atoms with Gasteiger partial charge >= 0.3 is 0 Å². The van der Waals surface area contributed by atoms with Crippen molar-refractivity contribution in [3.8, 4) is 0 Å². The zero-order valence-electron chi connectivity index (χ0n) is 12.7. The van der Waals surface area contributed by atoms with Crippen LogP contribution >= 0.6 is 0 Å². The van der Waals surface area contributed by atoms with Gasteiger partial charge in [0.15, 0.2) is 0 Å². The highest BCUT2D eigenvalue weighted by Gasteiger charge is 2.15. The van der Waals surface area contributed by atoms with Crippen LogP contribution in [0.4, 0.5) is 0 Å². The van der Waals surface area contributed by atoms with Gasteiger partial charge in [-0.1, -0.05) is 25.1 Å². The molecular formula is C16H20N4O. The first-order valence-electron chi connectivity index (χ1n) is 7.27. The highest BCUT2D eigenvalue weighted by molar-refractivity contribution is 5.82. The second-order valence-electron chi connectivity index (χ2n) is 5.14. The minimum absolute atomic E-state index is 0.613. The van der Waals surface area contributed by atoms with Crippen molar-refractivity contribution in [2.75, 3.05) is 6.54 Å². The number of furan rings is 1. The van der Waals surface area contributed by atoms with E-state index in [0.29, 0.717) is 6.54 Å². The summed E-state index contributed by atoms with van der Waals surface area (Å²) in [6.45, 7) is 8.32. The van der Waals surface area contributed by atoms with Crippen molar-refractivity contribution in [3.63, 3.8) is 0 Å². The number of hydrogen-bond donors (Lipinski definition) is 1. The molecule has 0 aliphatic carbocycles. The lowest BCUT2D eigenvalue weighted by molar-refractivity contribution is 0.494. The zero-order valence-corrected chi connectivity index (χ0v) is 12.7. The zero-order chi connectivity index (χ0) is 14.8. The quantitative estimate of drug-likeness (QED) is 0.782. The summed E-state index contributed by atoms with van der Waals surface area (Å²) in [5.74, 6) is 2.64. The topological polar surface area (TPSA) is 55.9 Å². The number of nitrogens with zero attached hydrogens (tertiary/aromatic N) is 3. The van der Waals surface area contributed by atoms with Gasteiger partial charge in [0.25, 0.3) is 0 Å². The lowest BCUT2D eigenvalue weighted by Gasteiger charge is -2.05. The third-order valence-corrected chi connectivity index (χ3v) is 3.59. The summed E-state index contributed by atoms with van der Waals surface area (Å²) < 4.78 is 7.93. The van der Waals surface area contributed by atoms with Crippen LogP contribution in [0.15, 0.2) is 28.7 Å². The molecule has 0 aliphatic heterocycles. The lowest BCUT2D eigenvalue weighted by atomic mass is 10.1. The number of hydrogen-bond acceptors (Lipinski definition) is 4. The molecule has 1 aromatic carbocycles. The molecule has 0 saturated heterocycles. The Kier molecular flexibility index (Phi) is 3.75. The Morgan fingerprint density at radius 3 is 2.76 bits per heavy atom. The van der Waals surface area contributed by atoms with E-state index in [0.717, 1.165) is 36.1 Å². The van der Waals surface area contributed by atoms with Crippen molar-refractivity contribution in [1.82, 2.24) is 20.1 Å². The SMILES string of the molecule is CCNCc1c(Cn2nc(C)nc2C)oc2ccccc12. The van der Waals surface area contributed by atoms with Gasteiger partial charge in [0.1, 0.15) is 29.5 Å². The molecule has 2 heterocycles. The molecule has 3 aromatic rings. The number of para-hydroxylation sites is 1. The second kappa shape index (κ2) is 5.69. The molecule has 21 heavy (non-hydrogen) atoms. The standard InChI is InChI=1S/C16H20N4O/c1-4-17-9-14-13-7-5-6-8-15(13)21-16(14)10-20-12(3)18-11(2)19-20/h5-8,17H,4,9-10H2,1-3H3. The predicted octanol–water partition coefficient (Wildman–Crippen LogP) is 2.80. The van der Waals surface area contributed by atoms with E-state index < -0.39 is 0 Å². The first-order valence-corrected chi connectivity index (χ1v) is 7.27. The number of nitrogens with one attached hydrogen (secondary N) is 1. The average Bonchev–Trinajstić information content (AvgIpc) is 2.97. The van der Waals surface area contributed by atoms with E-state index in [1.165, 1.54) is 10.9 Å². The Labute approximate surface area is 124 Å². The molecule has 0 fully saturated rings. The molecule has 0 unspecified atom stereocenters. The minimum Gasteiger partial charge on any atom is -0.459 e. The van der Waals surface area contributed by atoms with Crippen molar-refractivity contribution in [1.29, 1.82) is 0 Å². The molecule has 5 heteroatoms. The Morgan fingerprint density at radius 1 is 1.24 bits per heavy atom. The van der Waals surface area contributed by atoms with Crippen LogP contribution in [0.2, 0.25) is 0 Å². The Bertz CT molecular complexity index is 757. The van der Waals surface area contributed by atoms with Gasteiger partial charge in [0.2, 0.25) is 0 Å². The van der Waals surface area contributed by atoms with Gasteiger partial charge < -0.3 is 9.73 Å². The Morgan fingerprint density at radius 2 is 2.05 bits per heavy atom. The summed E-state index contributed by atoms with van der Waals surface area (Å²) >= 11 is 0. The Hall–Kier alpha value is -2.14. The van der Waals surface area contributed by atoms with Crippen LogP contribution < -0.4 is 5.32 Å². The molecule has 0 spiro atoms. The third-order valence-electron chi connectivity index (χ3n) is 3.59. The molecular weight excluding hydrogens is 264 g/mol. The van der Waals surface area contributed by atoms with Gasteiger partial charge in [-0.3, -0.25) is 0 Å². The fourth-order valence-electron chi connectivity index (χ4n) is 2.57. The van der Waals surface area contributed by atoms with Gasteiger partial charge in [-0.15, -0.1) is 0 Å². The number of benzene rings is 1. The van der Waals surface area contributed by atoms with Crippen molar-refractivity contribution in [3.05, 3.63) is 47.2 Å². The monoisotopic (exact) mass is 284 g/mol. The van der Waals surface area contributed by atoms with Crippen LogP contribution in [0, 0.1) is 13.8 Å². The maximum absolute atomic E-state index is 6.04. The first kappa shape index (κ1) is 13.8. The molecule has 3 rings (SSSR count). The maximum Gasteiger partial charge on any atom is 0.147 e. The van der Waals surface area contributed by atoms with Crippen LogP contribution in [0.5, 0.6) is 0 Å². The van der Waals surface area contributed by atoms with E-state index in [-0.39, 0.29) is 0 Å². The minimum atomic E-state index is 0.613. The normalized spacial score (nSPS) is 11.4. The largest absolute Gasteiger partial charge is 0.459 e. The molecule has 5 nitrogen and oxygen atoms in total. The highest BCUT2D eigenvalue weighted by atomic mass is 16.3. The van der Waals surface area contributed by atoms with E-state index >= 15 is 0 Å². The fraction of sp³-hybridized carbons (Fsp3) is 0.375. The highest BCUT2D eigenvalue weighted by Crippen LogP contribution is 2.26.